The predicted molar refractivity (Wildman–Crippen MR) is 109 cm³/mol. The van der Waals surface area contributed by atoms with Crippen molar-refractivity contribution in [3.8, 4) is 0 Å². The topological polar surface area (TPSA) is 105 Å². The van der Waals surface area contributed by atoms with E-state index in [-0.39, 0.29) is 23.9 Å². The van der Waals surface area contributed by atoms with Gasteiger partial charge in [-0.25, -0.2) is 8.42 Å². The molecule has 2 amide bonds. The summed E-state index contributed by atoms with van der Waals surface area (Å²) in [6, 6.07) is 13.0. The summed E-state index contributed by atoms with van der Waals surface area (Å²) in [5.74, 6) is -1.56. The molecule has 1 aliphatic rings. The van der Waals surface area contributed by atoms with E-state index < -0.39 is 28.1 Å². The maximum absolute atomic E-state index is 12.6. The number of hydrogen-bond donors (Lipinski definition) is 2. The first-order chi connectivity index (χ1) is 14.0. The van der Waals surface area contributed by atoms with Crippen LogP contribution in [-0.4, -0.2) is 57.0 Å². The third-order valence-corrected chi connectivity index (χ3v) is 7.68. The minimum absolute atomic E-state index is 0.0964. The zero-order valence-electron chi connectivity index (χ0n) is 15.7. The van der Waals surface area contributed by atoms with Crippen LogP contribution in [0.1, 0.15) is 12.0 Å². The Hall–Kier alpha value is -2.27. The lowest BCUT2D eigenvalue weighted by molar-refractivity contribution is -0.139. The third kappa shape index (κ3) is 5.63. The van der Waals surface area contributed by atoms with E-state index in [1.807, 2.05) is 30.3 Å². The van der Waals surface area contributed by atoms with Gasteiger partial charge in [0.15, 0.2) is 0 Å². The van der Waals surface area contributed by atoms with Gasteiger partial charge in [-0.2, -0.15) is 4.31 Å². The van der Waals surface area contributed by atoms with Crippen LogP contribution >= 0.6 is 11.3 Å². The first-order valence-electron chi connectivity index (χ1n) is 9.25. The molecule has 1 saturated heterocycles. The molecule has 29 heavy (non-hydrogen) atoms. The van der Waals surface area contributed by atoms with Crippen molar-refractivity contribution in [1.29, 1.82) is 0 Å². The molecule has 0 radical (unpaired) electrons. The van der Waals surface area contributed by atoms with Crippen LogP contribution in [0.25, 0.3) is 0 Å². The molecule has 0 bridgehead atoms. The van der Waals surface area contributed by atoms with Crippen molar-refractivity contribution in [2.75, 3.05) is 26.2 Å². The molecule has 2 aromatic rings. The molecule has 10 heteroatoms. The van der Waals surface area contributed by atoms with Crippen LogP contribution < -0.4 is 10.6 Å². The Morgan fingerprint density at radius 1 is 1.10 bits per heavy atom. The van der Waals surface area contributed by atoms with Crippen molar-refractivity contribution in [3.63, 3.8) is 0 Å². The summed E-state index contributed by atoms with van der Waals surface area (Å²) < 4.78 is 32.1. The zero-order chi connectivity index (χ0) is 20.7. The predicted octanol–water partition coefficient (Wildman–Crippen LogP) is 0.960. The van der Waals surface area contributed by atoms with Crippen molar-refractivity contribution in [1.82, 2.24) is 14.9 Å². The van der Waals surface area contributed by atoms with Gasteiger partial charge in [-0.15, -0.1) is 11.3 Å². The van der Waals surface area contributed by atoms with Gasteiger partial charge in [-0.05, 0) is 29.9 Å². The van der Waals surface area contributed by atoms with Gasteiger partial charge in [0.2, 0.25) is 0 Å². The molecule has 3 rings (SSSR count). The van der Waals surface area contributed by atoms with Gasteiger partial charge in [-0.1, -0.05) is 36.4 Å². The van der Waals surface area contributed by atoms with Gasteiger partial charge < -0.3 is 15.4 Å². The fourth-order valence-electron chi connectivity index (χ4n) is 2.95. The average Bonchev–Trinajstić information content (AvgIpc) is 3.42. The molecule has 156 valence electrons. The highest BCUT2D eigenvalue weighted by molar-refractivity contribution is 7.91. The first-order valence-corrected chi connectivity index (χ1v) is 11.6. The fourth-order valence-corrected chi connectivity index (χ4v) is 5.58. The summed E-state index contributed by atoms with van der Waals surface area (Å²) in [6.07, 6.45) is 0.674. The molecular weight excluding hydrogens is 414 g/mol. The molecule has 8 nitrogen and oxygen atoms in total. The van der Waals surface area contributed by atoms with E-state index in [0.29, 0.717) is 13.0 Å². The number of nitrogens with one attached hydrogen (secondary N) is 2. The SMILES string of the molecule is O=C(NCCCc1ccccc1)C(=O)NC[C@H]1OCCN1S(=O)(=O)c1cccs1. The summed E-state index contributed by atoms with van der Waals surface area (Å²) in [6.45, 7) is 0.712. The van der Waals surface area contributed by atoms with Gasteiger partial charge in [0.05, 0.1) is 13.2 Å². The molecule has 1 aromatic heterocycles. The molecule has 0 saturated carbocycles. The number of thiophene rings is 1. The molecule has 0 unspecified atom stereocenters. The highest BCUT2D eigenvalue weighted by Crippen LogP contribution is 2.25. The Morgan fingerprint density at radius 2 is 1.86 bits per heavy atom. The van der Waals surface area contributed by atoms with E-state index in [0.717, 1.165) is 23.3 Å². The summed E-state index contributed by atoms with van der Waals surface area (Å²) in [5, 5.41) is 6.70. The normalized spacial score (nSPS) is 17.2. The number of hydrogen-bond acceptors (Lipinski definition) is 6. The quantitative estimate of drug-likeness (QED) is 0.473. The summed E-state index contributed by atoms with van der Waals surface area (Å²) >= 11 is 1.12. The molecule has 0 aliphatic carbocycles. The lowest BCUT2D eigenvalue weighted by Gasteiger charge is -2.22. The van der Waals surface area contributed by atoms with Gasteiger partial charge in [-0.3, -0.25) is 9.59 Å². The van der Waals surface area contributed by atoms with Crippen molar-refractivity contribution >= 4 is 33.2 Å². The maximum atomic E-state index is 12.6. The van der Waals surface area contributed by atoms with Crippen LogP contribution in [-0.2, 0) is 30.8 Å². The van der Waals surface area contributed by atoms with Crippen LogP contribution in [0.2, 0.25) is 0 Å². The zero-order valence-corrected chi connectivity index (χ0v) is 17.4. The summed E-state index contributed by atoms with van der Waals surface area (Å²) in [4.78, 5) is 23.9. The number of carbonyl (C=O) groups excluding carboxylic acids is 2. The number of ether oxygens (including phenoxy) is 1. The summed E-state index contributed by atoms with van der Waals surface area (Å²) in [7, 11) is -3.68. The molecule has 2 heterocycles. The van der Waals surface area contributed by atoms with Gasteiger partial charge in [0.25, 0.3) is 10.0 Å². The van der Waals surface area contributed by atoms with E-state index in [2.05, 4.69) is 10.6 Å². The van der Waals surface area contributed by atoms with Crippen molar-refractivity contribution < 1.29 is 22.7 Å². The van der Waals surface area contributed by atoms with Crippen LogP contribution in [0, 0.1) is 0 Å². The molecule has 1 atom stereocenters. The highest BCUT2D eigenvalue weighted by Gasteiger charge is 2.37. The minimum Gasteiger partial charge on any atom is -0.359 e. The maximum Gasteiger partial charge on any atom is 0.309 e. The Bertz CT molecular complexity index is 917. The second-order valence-corrected chi connectivity index (χ2v) is 9.49. The number of benzene rings is 1. The first kappa shape index (κ1) is 21.4. The van der Waals surface area contributed by atoms with Gasteiger partial charge in [0.1, 0.15) is 10.4 Å². The Kier molecular flexibility index (Phi) is 7.37. The minimum atomic E-state index is -3.68. The molecule has 1 aromatic carbocycles. The molecule has 1 aliphatic heterocycles. The van der Waals surface area contributed by atoms with Crippen molar-refractivity contribution in [2.24, 2.45) is 0 Å². The van der Waals surface area contributed by atoms with E-state index in [1.165, 1.54) is 10.4 Å². The summed E-state index contributed by atoms with van der Waals surface area (Å²) in [5.41, 5.74) is 1.16. The number of amides is 2. The van der Waals surface area contributed by atoms with E-state index >= 15 is 0 Å². The standard InChI is InChI=1S/C19H23N3O5S2/c23-18(20-10-4-8-15-6-2-1-3-7-15)19(24)21-14-16-22(11-12-27-16)29(25,26)17-9-5-13-28-17/h1-3,5-7,9,13,16H,4,8,10-12,14H2,(H,20,23)(H,21,24)/t16-/m1/s1. The number of carbonyl (C=O) groups is 2. The largest absolute Gasteiger partial charge is 0.359 e. The molecule has 2 N–H and O–H groups in total. The molecule has 0 spiro atoms. The van der Waals surface area contributed by atoms with Crippen molar-refractivity contribution in [3.05, 3.63) is 53.4 Å². The van der Waals surface area contributed by atoms with Crippen LogP contribution in [0.15, 0.2) is 52.1 Å². The van der Waals surface area contributed by atoms with Crippen LogP contribution in [0.5, 0.6) is 0 Å². The Balaban J connectivity index is 1.42. The number of nitrogens with zero attached hydrogens (tertiary/aromatic N) is 1. The second-order valence-electron chi connectivity index (χ2n) is 6.43. The van der Waals surface area contributed by atoms with Crippen LogP contribution in [0.4, 0.5) is 0 Å². The second kappa shape index (κ2) is 9.97. The lowest BCUT2D eigenvalue weighted by Crippen LogP contribution is -2.47. The Labute approximate surface area is 173 Å². The van der Waals surface area contributed by atoms with Gasteiger partial charge >= 0.3 is 11.8 Å². The number of aryl methyl sites for hydroxylation is 1. The third-order valence-electron chi connectivity index (χ3n) is 4.42. The van der Waals surface area contributed by atoms with Crippen molar-refractivity contribution in [2.45, 2.75) is 23.3 Å². The lowest BCUT2D eigenvalue weighted by atomic mass is 10.1. The monoisotopic (exact) mass is 437 g/mol. The number of rotatable bonds is 8. The Morgan fingerprint density at radius 3 is 2.59 bits per heavy atom. The molecule has 1 fully saturated rings. The molecular formula is C19H23N3O5S2. The van der Waals surface area contributed by atoms with E-state index in [1.54, 1.807) is 11.4 Å². The average molecular weight is 438 g/mol. The van der Waals surface area contributed by atoms with E-state index in [4.69, 9.17) is 4.74 Å². The van der Waals surface area contributed by atoms with E-state index in [9.17, 15) is 18.0 Å². The number of sulfonamides is 1. The van der Waals surface area contributed by atoms with Gasteiger partial charge in [0, 0.05) is 13.1 Å². The smallest absolute Gasteiger partial charge is 0.309 e. The fraction of sp³-hybridized carbons (Fsp3) is 0.368. The van der Waals surface area contributed by atoms with Crippen LogP contribution in [0.3, 0.4) is 0 Å². The highest BCUT2D eigenvalue weighted by atomic mass is 32.2.